The van der Waals surface area contributed by atoms with Gasteiger partial charge in [0.05, 0.1) is 18.2 Å². The van der Waals surface area contributed by atoms with E-state index in [1.807, 2.05) is 6.07 Å². The summed E-state index contributed by atoms with van der Waals surface area (Å²) in [5.41, 5.74) is 1.21. The topological polar surface area (TPSA) is 87.4 Å². The second kappa shape index (κ2) is 6.52. The molecule has 1 N–H and O–H groups in total. The van der Waals surface area contributed by atoms with Crippen LogP contribution in [0.2, 0.25) is 0 Å². The summed E-state index contributed by atoms with van der Waals surface area (Å²) in [4.78, 5) is 21.6. The Morgan fingerprint density at radius 3 is 2.89 bits per heavy atom. The number of hydrogen-bond acceptors (Lipinski definition) is 5. The molecule has 0 fully saturated rings. The Labute approximate surface area is 105 Å². The molecule has 0 aliphatic rings. The third kappa shape index (κ3) is 3.40. The van der Waals surface area contributed by atoms with E-state index in [1.54, 1.807) is 12.1 Å². The van der Waals surface area contributed by atoms with Gasteiger partial charge in [0.2, 0.25) is 0 Å². The number of aliphatic hydroxyl groups is 1. The van der Waals surface area contributed by atoms with Crippen molar-refractivity contribution in [3.8, 4) is 6.07 Å². The average molecular weight is 247 g/mol. The molecular weight excluding hydrogens is 234 g/mol. The van der Waals surface area contributed by atoms with Crippen LogP contribution in [0.4, 0.5) is 0 Å². The lowest BCUT2D eigenvalue weighted by Crippen LogP contribution is -2.09. The van der Waals surface area contributed by atoms with Gasteiger partial charge in [0, 0.05) is 0 Å². The predicted molar refractivity (Wildman–Crippen MR) is 62.9 cm³/mol. The van der Waals surface area contributed by atoms with Gasteiger partial charge in [0.15, 0.2) is 0 Å². The van der Waals surface area contributed by atoms with Crippen LogP contribution < -0.4 is 0 Å². The van der Waals surface area contributed by atoms with Gasteiger partial charge in [-0.25, -0.2) is 4.79 Å². The van der Waals surface area contributed by atoms with Crippen molar-refractivity contribution in [1.82, 2.24) is 0 Å². The van der Waals surface area contributed by atoms with E-state index < -0.39 is 12.1 Å². The van der Waals surface area contributed by atoms with Crippen molar-refractivity contribution in [2.75, 3.05) is 7.11 Å². The van der Waals surface area contributed by atoms with Crippen molar-refractivity contribution in [1.29, 1.82) is 5.26 Å². The fourth-order valence-corrected chi connectivity index (χ4v) is 1.51. The Morgan fingerprint density at radius 2 is 2.33 bits per heavy atom. The van der Waals surface area contributed by atoms with Crippen LogP contribution in [-0.2, 0) is 16.0 Å². The summed E-state index contributed by atoms with van der Waals surface area (Å²) in [5, 5.41) is 18.1. The molecule has 18 heavy (non-hydrogen) atoms. The normalized spacial score (nSPS) is 11.4. The molecule has 0 saturated carbocycles. The summed E-state index contributed by atoms with van der Waals surface area (Å²) in [6, 6.07) is 6.66. The van der Waals surface area contributed by atoms with Crippen molar-refractivity contribution >= 4 is 12.3 Å². The number of ether oxygens (including phenoxy) is 1. The molecule has 5 heteroatoms. The van der Waals surface area contributed by atoms with Crippen molar-refractivity contribution < 1.29 is 19.4 Å². The summed E-state index contributed by atoms with van der Waals surface area (Å²) in [6.45, 7) is 0. The Balaban J connectivity index is 2.89. The number of carbonyl (C=O) groups excluding carboxylic acids is 2. The summed E-state index contributed by atoms with van der Waals surface area (Å²) in [6.07, 6.45) is 0.200. The highest BCUT2D eigenvalue weighted by atomic mass is 16.5. The molecule has 1 rings (SSSR count). The van der Waals surface area contributed by atoms with Crippen LogP contribution in [0.1, 0.15) is 27.9 Å². The minimum atomic E-state index is -1.00. The molecule has 1 aromatic rings. The lowest BCUT2D eigenvalue weighted by molar-refractivity contribution is -0.115. The van der Waals surface area contributed by atoms with Crippen molar-refractivity contribution in [3.05, 3.63) is 34.9 Å². The van der Waals surface area contributed by atoms with Gasteiger partial charge in [-0.05, 0) is 30.5 Å². The van der Waals surface area contributed by atoms with Gasteiger partial charge in [0.1, 0.15) is 18.5 Å². The number of aldehydes is 1. The molecule has 1 atom stereocenters. The van der Waals surface area contributed by atoms with Crippen molar-refractivity contribution in [2.45, 2.75) is 18.9 Å². The van der Waals surface area contributed by atoms with Crippen LogP contribution >= 0.6 is 0 Å². The Morgan fingerprint density at radius 1 is 1.61 bits per heavy atom. The molecule has 0 spiro atoms. The molecular formula is C13H13NO4. The summed E-state index contributed by atoms with van der Waals surface area (Å²) in [7, 11) is 1.25. The maximum absolute atomic E-state index is 11.4. The number of benzene rings is 1. The lowest BCUT2D eigenvalue weighted by atomic mass is 10.0. The SMILES string of the molecule is COC(=O)c1ccc(CCC(O)C=O)cc1C#N. The zero-order valence-corrected chi connectivity index (χ0v) is 9.92. The van der Waals surface area contributed by atoms with Gasteiger partial charge in [-0.15, -0.1) is 0 Å². The average Bonchev–Trinajstić information content (AvgIpc) is 2.43. The van der Waals surface area contributed by atoms with E-state index in [-0.39, 0.29) is 17.5 Å². The highest BCUT2D eigenvalue weighted by Gasteiger charge is 2.12. The van der Waals surface area contributed by atoms with Crippen LogP contribution in [0.5, 0.6) is 0 Å². The second-order valence-corrected chi connectivity index (χ2v) is 3.73. The highest BCUT2D eigenvalue weighted by Crippen LogP contribution is 2.14. The smallest absolute Gasteiger partial charge is 0.339 e. The van der Waals surface area contributed by atoms with E-state index in [9.17, 15) is 9.59 Å². The van der Waals surface area contributed by atoms with Crippen LogP contribution in [0, 0.1) is 11.3 Å². The minimum absolute atomic E-state index is 0.208. The van der Waals surface area contributed by atoms with E-state index in [0.717, 1.165) is 5.56 Å². The van der Waals surface area contributed by atoms with Gasteiger partial charge < -0.3 is 14.6 Å². The van der Waals surface area contributed by atoms with Gasteiger partial charge in [-0.3, -0.25) is 0 Å². The summed E-state index contributed by atoms with van der Waals surface area (Å²) < 4.78 is 4.56. The lowest BCUT2D eigenvalue weighted by Gasteiger charge is -2.06. The number of nitriles is 1. The van der Waals surface area contributed by atoms with Crippen LogP contribution in [0.3, 0.4) is 0 Å². The number of carbonyl (C=O) groups is 2. The first kappa shape index (κ1) is 13.9. The molecule has 0 aliphatic carbocycles. The van der Waals surface area contributed by atoms with Crippen molar-refractivity contribution in [2.24, 2.45) is 0 Å². The number of esters is 1. The Bertz CT molecular complexity index is 490. The third-order valence-corrected chi connectivity index (χ3v) is 2.50. The van der Waals surface area contributed by atoms with Crippen LogP contribution in [-0.4, -0.2) is 30.6 Å². The van der Waals surface area contributed by atoms with E-state index >= 15 is 0 Å². The predicted octanol–water partition coefficient (Wildman–Crippen LogP) is 0.837. The maximum Gasteiger partial charge on any atom is 0.339 e. The maximum atomic E-state index is 11.4. The molecule has 0 aliphatic heterocycles. The van der Waals surface area contributed by atoms with E-state index in [0.29, 0.717) is 12.7 Å². The number of methoxy groups -OCH3 is 1. The molecule has 0 amide bonds. The monoisotopic (exact) mass is 247 g/mol. The van der Waals surface area contributed by atoms with Gasteiger partial charge in [0.25, 0.3) is 0 Å². The Kier molecular flexibility index (Phi) is 5.03. The van der Waals surface area contributed by atoms with Gasteiger partial charge >= 0.3 is 5.97 Å². The molecule has 5 nitrogen and oxygen atoms in total. The standard InChI is InChI=1S/C13H13NO4/c1-18-13(17)12-5-3-9(6-10(12)7-14)2-4-11(16)8-15/h3,5-6,8,11,16H,2,4H2,1H3. The Hall–Kier alpha value is -2.19. The largest absolute Gasteiger partial charge is 0.465 e. The number of aliphatic hydroxyl groups excluding tert-OH is 1. The number of nitrogens with zero attached hydrogens (tertiary/aromatic N) is 1. The number of rotatable bonds is 5. The second-order valence-electron chi connectivity index (χ2n) is 3.73. The molecule has 94 valence electrons. The third-order valence-electron chi connectivity index (χ3n) is 2.50. The fraction of sp³-hybridized carbons (Fsp3) is 0.308. The molecule has 0 saturated heterocycles. The first-order valence-electron chi connectivity index (χ1n) is 5.37. The van der Waals surface area contributed by atoms with Crippen LogP contribution in [0.25, 0.3) is 0 Å². The zero-order valence-electron chi connectivity index (χ0n) is 9.92. The molecule has 0 bridgehead atoms. The van der Waals surface area contributed by atoms with Gasteiger partial charge in [-0.1, -0.05) is 6.07 Å². The number of hydrogen-bond donors (Lipinski definition) is 1. The quantitative estimate of drug-likeness (QED) is 0.615. The molecule has 0 radical (unpaired) electrons. The molecule has 0 aromatic heterocycles. The summed E-state index contributed by atoms with van der Waals surface area (Å²) >= 11 is 0. The zero-order chi connectivity index (χ0) is 13.5. The summed E-state index contributed by atoms with van der Waals surface area (Å²) in [5.74, 6) is -0.564. The number of aryl methyl sites for hydroxylation is 1. The fourth-order valence-electron chi connectivity index (χ4n) is 1.51. The van der Waals surface area contributed by atoms with Gasteiger partial charge in [-0.2, -0.15) is 5.26 Å². The van der Waals surface area contributed by atoms with Crippen LogP contribution in [0.15, 0.2) is 18.2 Å². The molecule has 0 heterocycles. The highest BCUT2D eigenvalue weighted by molar-refractivity contribution is 5.92. The first-order valence-corrected chi connectivity index (χ1v) is 5.37. The van der Waals surface area contributed by atoms with Crippen molar-refractivity contribution in [3.63, 3.8) is 0 Å². The van der Waals surface area contributed by atoms with E-state index in [2.05, 4.69) is 4.74 Å². The molecule has 1 unspecified atom stereocenters. The molecule has 1 aromatic carbocycles. The van der Waals surface area contributed by atoms with E-state index in [4.69, 9.17) is 10.4 Å². The van der Waals surface area contributed by atoms with E-state index in [1.165, 1.54) is 13.2 Å². The first-order chi connectivity index (χ1) is 8.62. The minimum Gasteiger partial charge on any atom is -0.465 e.